The van der Waals surface area contributed by atoms with Crippen molar-refractivity contribution in [3.05, 3.63) is 48.2 Å². The third-order valence-electron chi connectivity index (χ3n) is 3.61. The largest absolute Gasteiger partial charge is 0.497 e. The zero-order valence-corrected chi connectivity index (χ0v) is 12.0. The average molecular weight is 277 g/mol. The minimum Gasteiger partial charge on any atom is -0.497 e. The number of ether oxygens (including phenoxy) is 1. The van der Waals surface area contributed by atoms with E-state index >= 15 is 0 Å². The van der Waals surface area contributed by atoms with Crippen molar-refractivity contribution in [3.63, 3.8) is 0 Å². The normalized spacial score (nSPS) is 10.5. The smallest absolute Gasteiger partial charge is 0.120 e. The van der Waals surface area contributed by atoms with E-state index in [2.05, 4.69) is 22.5 Å². The summed E-state index contributed by atoms with van der Waals surface area (Å²) in [6.07, 6.45) is 1.74. The van der Waals surface area contributed by atoms with Crippen LogP contribution in [0, 0.1) is 11.3 Å². The number of nitrogens with zero attached hydrogens (tertiary/aromatic N) is 3. The number of pyridine rings is 1. The molecule has 0 aliphatic rings. The lowest BCUT2D eigenvalue weighted by Gasteiger charge is -2.08. The molecular weight excluding hydrogens is 262 g/mol. The van der Waals surface area contributed by atoms with Crippen molar-refractivity contribution >= 4 is 10.9 Å². The summed E-state index contributed by atoms with van der Waals surface area (Å²) in [5.41, 5.74) is 3.33. The molecule has 0 N–H and O–H groups in total. The van der Waals surface area contributed by atoms with Crippen molar-refractivity contribution in [1.29, 1.82) is 5.26 Å². The summed E-state index contributed by atoms with van der Waals surface area (Å²) in [7, 11) is 1.64. The molecule has 0 aliphatic carbocycles. The molecule has 4 nitrogen and oxygen atoms in total. The lowest BCUT2D eigenvalue weighted by molar-refractivity contribution is 0.415. The van der Waals surface area contributed by atoms with Gasteiger partial charge in [0, 0.05) is 24.2 Å². The second-order valence-electron chi connectivity index (χ2n) is 4.68. The van der Waals surface area contributed by atoms with Crippen molar-refractivity contribution in [2.24, 2.45) is 0 Å². The second-order valence-corrected chi connectivity index (χ2v) is 4.68. The molecule has 0 atom stereocenters. The maximum atomic E-state index is 9.59. The molecule has 0 fully saturated rings. The first-order valence-electron chi connectivity index (χ1n) is 6.82. The lowest BCUT2D eigenvalue weighted by atomic mass is 10.1. The van der Waals surface area contributed by atoms with Gasteiger partial charge in [0.15, 0.2) is 0 Å². The highest BCUT2D eigenvalue weighted by Crippen LogP contribution is 2.34. The molecule has 0 aliphatic heterocycles. The summed E-state index contributed by atoms with van der Waals surface area (Å²) in [4.78, 5) is 4.40. The summed E-state index contributed by atoms with van der Waals surface area (Å²) in [6.45, 7) is 2.82. The number of hydrogen-bond acceptors (Lipinski definition) is 3. The van der Waals surface area contributed by atoms with Gasteiger partial charge in [-0.1, -0.05) is 6.07 Å². The number of fused-ring (bicyclic) bond motifs is 1. The molecule has 0 saturated carbocycles. The number of hydrogen-bond donors (Lipinski definition) is 0. The maximum absolute atomic E-state index is 9.59. The van der Waals surface area contributed by atoms with Gasteiger partial charge in [0.2, 0.25) is 0 Å². The van der Waals surface area contributed by atoms with Crippen LogP contribution >= 0.6 is 0 Å². The highest BCUT2D eigenvalue weighted by Gasteiger charge is 2.18. The summed E-state index contributed by atoms with van der Waals surface area (Å²) in [5.74, 6) is 0.784. The third kappa shape index (κ3) is 2.03. The predicted molar refractivity (Wildman–Crippen MR) is 82.1 cm³/mol. The van der Waals surface area contributed by atoms with E-state index in [9.17, 15) is 5.26 Å². The Morgan fingerprint density at radius 1 is 1.29 bits per heavy atom. The number of benzene rings is 1. The molecule has 2 aromatic heterocycles. The van der Waals surface area contributed by atoms with Gasteiger partial charge in [0.25, 0.3) is 0 Å². The quantitative estimate of drug-likeness (QED) is 0.735. The van der Waals surface area contributed by atoms with E-state index in [1.807, 2.05) is 36.4 Å². The van der Waals surface area contributed by atoms with Crippen molar-refractivity contribution < 1.29 is 4.74 Å². The summed E-state index contributed by atoms with van der Waals surface area (Å²) < 4.78 is 7.41. The van der Waals surface area contributed by atoms with Gasteiger partial charge in [-0.3, -0.25) is 4.98 Å². The van der Waals surface area contributed by atoms with E-state index in [4.69, 9.17) is 4.74 Å². The Morgan fingerprint density at radius 3 is 2.76 bits per heavy atom. The highest BCUT2D eigenvalue weighted by atomic mass is 16.5. The Kier molecular flexibility index (Phi) is 3.33. The molecule has 0 amide bonds. The third-order valence-corrected chi connectivity index (χ3v) is 3.61. The molecule has 2 heterocycles. The van der Waals surface area contributed by atoms with Gasteiger partial charge >= 0.3 is 0 Å². The molecule has 0 spiro atoms. The molecule has 0 unspecified atom stereocenters. The molecule has 4 heteroatoms. The van der Waals surface area contributed by atoms with Crippen LogP contribution in [0.2, 0.25) is 0 Å². The molecule has 21 heavy (non-hydrogen) atoms. The van der Waals surface area contributed by atoms with Crippen molar-refractivity contribution in [2.45, 2.75) is 13.5 Å². The van der Waals surface area contributed by atoms with Gasteiger partial charge in [0.05, 0.1) is 29.6 Å². The van der Waals surface area contributed by atoms with Crippen molar-refractivity contribution in [3.8, 4) is 23.2 Å². The van der Waals surface area contributed by atoms with E-state index < -0.39 is 0 Å². The van der Waals surface area contributed by atoms with Gasteiger partial charge in [-0.15, -0.1) is 0 Å². The van der Waals surface area contributed by atoms with E-state index in [-0.39, 0.29) is 0 Å². The Labute approximate surface area is 123 Å². The molecule has 0 bridgehead atoms. The minimum absolute atomic E-state index is 0.660. The van der Waals surface area contributed by atoms with Crippen molar-refractivity contribution in [2.75, 3.05) is 7.11 Å². The highest BCUT2D eigenvalue weighted by molar-refractivity contribution is 5.94. The average Bonchev–Trinajstić information content (AvgIpc) is 2.88. The van der Waals surface area contributed by atoms with E-state index in [1.165, 1.54) is 0 Å². The summed E-state index contributed by atoms with van der Waals surface area (Å²) in [5, 5.41) is 10.5. The lowest BCUT2D eigenvalue weighted by Crippen LogP contribution is -1.99. The Bertz CT molecular complexity index is 829. The van der Waals surface area contributed by atoms with Crippen LogP contribution in [0.1, 0.15) is 12.5 Å². The number of methoxy groups -OCH3 is 1. The number of rotatable bonds is 3. The van der Waals surface area contributed by atoms with Gasteiger partial charge < -0.3 is 9.30 Å². The zero-order chi connectivity index (χ0) is 14.8. The van der Waals surface area contributed by atoms with E-state index in [0.29, 0.717) is 5.56 Å². The predicted octanol–water partition coefficient (Wildman–Crippen LogP) is 3.60. The van der Waals surface area contributed by atoms with E-state index in [0.717, 1.165) is 34.6 Å². The molecule has 104 valence electrons. The topological polar surface area (TPSA) is 50.8 Å². The molecule has 1 aromatic carbocycles. The first-order chi connectivity index (χ1) is 10.3. The fourth-order valence-electron chi connectivity index (χ4n) is 2.67. The van der Waals surface area contributed by atoms with Crippen LogP contribution < -0.4 is 4.74 Å². The van der Waals surface area contributed by atoms with Gasteiger partial charge in [-0.25, -0.2) is 0 Å². The molecule has 0 saturated heterocycles. The van der Waals surface area contributed by atoms with Crippen LogP contribution in [0.15, 0.2) is 42.6 Å². The first-order valence-corrected chi connectivity index (χ1v) is 6.82. The van der Waals surface area contributed by atoms with Gasteiger partial charge in [-0.2, -0.15) is 5.26 Å². The number of aromatic nitrogens is 2. The van der Waals surface area contributed by atoms with E-state index in [1.54, 1.807) is 13.3 Å². The van der Waals surface area contributed by atoms with Crippen LogP contribution in [0.4, 0.5) is 0 Å². The summed E-state index contributed by atoms with van der Waals surface area (Å²) >= 11 is 0. The van der Waals surface area contributed by atoms with Crippen LogP contribution in [0.5, 0.6) is 5.75 Å². The molecule has 3 rings (SSSR count). The zero-order valence-electron chi connectivity index (χ0n) is 12.0. The summed E-state index contributed by atoms with van der Waals surface area (Å²) in [6, 6.07) is 13.8. The molecule has 3 aromatic rings. The van der Waals surface area contributed by atoms with Crippen LogP contribution in [0.25, 0.3) is 22.3 Å². The standard InChI is InChI=1S/C17H15N3O/c1-3-20-16-10-12(21-2)7-8-13(16)14(11-18)17(20)15-6-4-5-9-19-15/h4-10H,3H2,1-2H3. The van der Waals surface area contributed by atoms with Gasteiger partial charge in [0.1, 0.15) is 11.8 Å². The van der Waals surface area contributed by atoms with Crippen LogP contribution in [-0.4, -0.2) is 16.7 Å². The van der Waals surface area contributed by atoms with Crippen LogP contribution in [-0.2, 0) is 6.54 Å². The maximum Gasteiger partial charge on any atom is 0.120 e. The molecular formula is C17H15N3O. The number of nitriles is 1. The Balaban J connectivity index is 2.41. The first kappa shape index (κ1) is 13.2. The second kappa shape index (κ2) is 5.29. The monoisotopic (exact) mass is 277 g/mol. The van der Waals surface area contributed by atoms with Crippen molar-refractivity contribution in [1.82, 2.24) is 9.55 Å². The fourth-order valence-corrected chi connectivity index (χ4v) is 2.67. The molecule has 0 radical (unpaired) electrons. The van der Waals surface area contributed by atoms with Crippen LogP contribution in [0.3, 0.4) is 0 Å². The Morgan fingerprint density at radius 2 is 2.14 bits per heavy atom. The SMILES string of the molecule is CCn1c(-c2ccccn2)c(C#N)c2ccc(OC)cc21. The number of aryl methyl sites for hydroxylation is 1. The van der Waals surface area contributed by atoms with Gasteiger partial charge in [-0.05, 0) is 31.2 Å². The minimum atomic E-state index is 0.660. The Hall–Kier alpha value is -2.80. The fraction of sp³-hybridized carbons (Fsp3) is 0.176.